The molecule has 3 atom stereocenters. The number of anilines is 1. The molecule has 0 radical (unpaired) electrons. The highest BCUT2D eigenvalue weighted by atomic mass is 35.5. The van der Waals surface area contributed by atoms with E-state index in [1.165, 1.54) is 37.3 Å². The minimum atomic E-state index is -4.61. The predicted octanol–water partition coefficient (Wildman–Crippen LogP) is 6.49. The Hall–Kier alpha value is -2.25. The molecule has 1 amide bonds. The highest BCUT2D eigenvalue weighted by Gasteiger charge is 2.45. The fourth-order valence-electron chi connectivity index (χ4n) is 3.24. The highest BCUT2D eigenvalue weighted by molar-refractivity contribution is 6.34. The van der Waals surface area contributed by atoms with E-state index in [-0.39, 0.29) is 22.7 Å². The number of alkyl halides is 3. The molecular weight excluding hydrogens is 454 g/mol. The molecule has 168 valence electrons. The molecule has 2 N–H and O–H groups in total. The maximum absolute atomic E-state index is 13.5. The zero-order valence-corrected chi connectivity index (χ0v) is 18.6. The van der Waals surface area contributed by atoms with Crippen LogP contribution in [-0.4, -0.2) is 23.2 Å². The SMILES string of the molecule is Cc1c(C[C@H](C)C(=O)O)ccc(Cl)c1NC(=O)[C@H](c1ccc(Cl)cc1)[C@@H](C)C(F)(F)F. The van der Waals surface area contributed by atoms with Crippen molar-refractivity contribution in [3.05, 3.63) is 63.1 Å². The first-order chi connectivity index (χ1) is 14.3. The minimum Gasteiger partial charge on any atom is -0.481 e. The van der Waals surface area contributed by atoms with Crippen molar-refractivity contribution in [2.24, 2.45) is 11.8 Å². The van der Waals surface area contributed by atoms with Gasteiger partial charge in [-0.2, -0.15) is 13.2 Å². The van der Waals surface area contributed by atoms with Crippen molar-refractivity contribution < 1.29 is 27.9 Å². The first kappa shape index (κ1) is 25.0. The number of nitrogens with one attached hydrogen (secondary N) is 1. The second kappa shape index (κ2) is 9.92. The first-order valence-electron chi connectivity index (χ1n) is 9.46. The molecule has 0 aliphatic rings. The Kier molecular flexibility index (Phi) is 8.00. The van der Waals surface area contributed by atoms with Gasteiger partial charge in [-0.05, 0) is 48.2 Å². The average molecular weight is 476 g/mol. The third kappa shape index (κ3) is 6.14. The Morgan fingerprint density at radius 1 is 1.06 bits per heavy atom. The third-order valence-electron chi connectivity index (χ3n) is 5.25. The molecule has 0 aliphatic carbocycles. The number of rotatable bonds is 7. The summed E-state index contributed by atoms with van der Waals surface area (Å²) in [7, 11) is 0. The number of hydrogen-bond donors (Lipinski definition) is 2. The van der Waals surface area contributed by atoms with E-state index in [9.17, 15) is 22.8 Å². The summed E-state index contributed by atoms with van der Waals surface area (Å²) in [5, 5.41) is 12.2. The van der Waals surface area contributed by atoms with Crippen LogP contribution in [0.2, 0.25) is 10.0 Å². The largest absolute Gasteiger partial charge is 0.481 e. The minimum absolute atomic E-state index is 0.145. The molecule has 0 aliphatic heterocycles. The van der Waals surface area contributed by atoms with E-state index in [0.29, 0.717) is 16.1 Å². The lowest BCUT2D eigenvalue weighted by Crippen LogP contribution is -2.34. The quantitative estimate of drug-likeness (QED) is 0.481. The molecule has 0 spiro atoms. The van der Waals surface area contributed by atoms with Crippen LogP contribution in [0.3, 0.4) is 0 Å². The number of hydrogen-bond acceptors (Lipinski definition) is 2. The van der Waals surface area contributed by atoms with Gasteiger partial charge in [0.05, 0.1) is 28.5 Å². The van der Waals surface area contributed by atoms with Crippen LogP contribution in [0.25, 0.3) is 0 Å². The fraction of sp³-hybridized carbons (Fsp3) is 0.364. The number of carbonyl (C=O) groups excluding carboxylic acids is 1. The normalized spacial score (nSPS) is 14.6. The van der Waals surface area contributed by atoms with Crippen molar-refractivity contribution in [3.8, 4) is 0 Å². The van der Waals surface area contributed by atoms with Gasteiger partial charge in [0.2, 0.25) is 5.91 Å². The molecule has 0 fully saturated rings. The van der Waals surface area contributed by atoms with E-state index in [4.69, 9.17) is 28.3 Å². The Balaban J connectivity index is 2.43. The summed E-state index contributed by atoms with van der Waals surface area (Å²) >= 11 is 12.1. The fourth-order valence-corrected chi connectivity index (χ4v) is 3.62. The summed E-state index contributed by atoms with van der Waals surface area (Å²) in [6.45, 7) is 4.12. The molecule has 0 saturated carbocycles. The topological polar surface area (TPSA) is 66.4 Å². The van der Waals surface area contributed by atoms with Crippen LogP contribution in [0.5, 0.6) is 0 Å². The maximum atomic E-state index is 13.5. The Morgan fingerprint density at radius 3 is 2.16 bits per heavy atom. The monoisotopic (exact) mass is 475 g/mol. The molecular formula is C22H22Cl2F3NO3. The number of halogens is 5. The Bertz CT molecular complexity index is 962. The molecule has 0 saturated heterocycles. The molecule has 9 heteroatoms. The summed E-state index contributed by atoms with van der Waals surface area (Å²) in [5.41, 5.74) is 1.45. The van der Waals surface area contributed by atoms with E-state index < -0.39 is 35.8 Å². The van der Waals surface area contributed by atoms with Crippen molar-refractivity contribution in [2.75, 3.05) is 5.32 Å². The third-order valence-corrected chi connectivity index (χ3v) is 5.82. The van der Waals surface area contributed by atoms with Crippen molar-refractivity contribution in [1.29, 1.82) is 0 Å². The van der Waals surface area contributed by atoms with Crippen molar-refractivity contribution in [1.82, 2.24) is 0 Å². The summed E-state index contributed by atoms with van der Waals surface area (Å²) in [6, 6.07) is 8.74. The van der Waals surface area contributed by atoms with Gasteiger partial charge in [-0.1, -0.05) is 55.2 Å². The van der Waals surface area contributed by atoms with Crippen LogP contribution < -0.4 is 5.32 Å². The zero-order valence-electron chi connectivity index (χ0n) is 17.1. The van der Waals surface area contributed by atoms with E-state index in [2.05, 4.69) is 5.32 Å². The first-order valence-corrected chi connectivity index (χ1v) is 10.2. The Morgan fingerprint density at radius 2 is 1.65 bits per heavy atom. The van der Waals surface area contributed by atoms with E-state index in [1.54, 1.807) is 13.0 Å². The van der Waals surface area contributed by atoms with Crippen LogP contribution in [0.1, 0.15) is 36.5 Å². The van der Waals surface area contributed by atoms with Gasteiger partial charge in [-0.15, -0.1) is 0 Å². The van der Waals surface area contributed by atoms with Gasteiger partial charge < -0.3 is 10.4 Å². The molecule has 0 heterocycles. The molecule has 2 aromatic rings. The van der Waals surface area contributed by atoms with Gasteiger partial charge in [0.1, 0.15) is 0 Å². The van der Waals surface area contributed by atoms with Gasteiger partial charge >= 0.3 is 12.1 Å². The van der Waals surface area contributed by atoms with Crippen LogP contribution in [0.15, 0.2) is 36.4 Å². The number of benzene rings is 2. The van der Waals surface area contributed by atoms with Crippen molar-refractivity contribution in [3.63, 3.8) is 0 Å². The van der Waals surface area contributed by atoms with Gasteiger partial charge in [0, 0.05) is 5.02 Å². The van der Waals surface area contributed by atoms with Crippen molar-refractivity contribution >= 4 is 40.8 Å². The number of carboxylic acids is 1. The van der Waals surface area contributed by atoms with E-state index >= 15 is 0 Å². The molecule has 0 unspecified atom stereocenters. The van der Waals surface area contributed by atoms with Gasteiger partial charge in [-0.25, -0.2) is 0 Å². The van der Waals surface area contributed by atoms with Gasteiger partial charge in [0.15, 0.2) is 0 Å². The summed E-state index contributed by atoms with van der Waals surface area (Å²) in [5.74, 6) is -6.05. The maximum Gasteiger partial charge on any atom is 0.392 e. The number of carboxylic acid groups (broad SMARTS) is 1. The lowest BCUT2D eigenvalue weighted by molar-refractivity contribution is -0.178. The second-order valence-electron chi connectivity index (χ2n) is 7.50. The van der Waals surface area contributed by atoms with Gasteiger partial charge in [-0.3, -0.25) is 9.59 Å². The summed E-state index contributed by atoms with van der Waals surface area (Å²) in [6.07, 6.45) is -4.43. The number of carbonyl (C=O) groups is 2. The van der Waals surface area contributed by atoms with Crippen LogP contribution >= 0.6 is 23.2 Å². The lowest BCUT2D eigenvalue weighted by Gasteiger charge is -2.26. The second-order valence-corrected chi connectivity index (χ2v) is 8.34. The smallest absolute Gasteiger partial charge is 0.392 e. The van der Waals surface area contributed by atoms with Crippen molar-refractivity contribution in [2.45, 2.75) is 39.3 Å². The molecule has 31 heavy (non-hydrogen) atoms. The van der Waals surface area contributed by atoms with E-state index in [1.807, 2.05) is 0 Å². The highest BCUT2D eigenvalue weighted by Crippen LogP contribution is 2.39. The molecule has 2 rings (SSSR count). The number of aliphatic carboxylic acids is 1. The van der Waals surface area contributed by atoms with E-state index in [0.717, 1.165) is 6.92 Å². The molecule has 2 aromatic carbocycles. The predicted molar refractivity (Wildman–Crippen MR) is 115 cm³/mol. The van der Waals surface area contributed by atoms with Gasteiger partial charge in [0.25, 0.3) is 0 Å². The average Bonchev–Trinajstić information content (AvgIpc) is 2.68. The van der Waals surface area contributed by atoms with Crippen LogP contribution in [0, 0.1) is 18.8 Å². The summed E-state index contributed by atoms with van der Waals surface area (Å²) < 4.78 is 40.6. The molecule has 0 aromatic heterocycles. The zero-order chi connectivity index (χ0) is 23.5. The molecule has 4 nitrogen and oxygen atoms in total. The van der Waals surface area contributed by atoms with Crippen LogP contribution in [-0.2, 0) is 16.0 Å². The Labute approximate surface area is 188 Å². The van der Waals surface area contributed by atoms with Crippen LogP contribution in [0.4, 0.5) is 18.9 Å². The molecule has 0 bridgehead atoms. The lowest BCUT2D eigenvalue weighted by atomic mass is 9.85. The summed E-state index contributed by atoms with van der Waals surface area (Å²) in [4.78, 5) is 24.2. The number of amides is 1. The standard InChI is InChI=1S/C22H22Cl2F3NO3/c1-11(21(30)31)10-15-6-9-17(24)19(12(15)2)28-20(29)18(13(3)22(25,26)27)14-4-7-16(23)8-5-14/h4-9,11,13,18H,10H2,1-3H3,(H,28,29)(H,30,31)/t11-,13+,18-/m0/s1.